The Hall–Kier alpha value is -0.570. The van der Waals surface area contributed by atoms with E-state index < -0.39 is 0 Å². The molecule has 0 spiro atoms. The number of halogens is 2. The van der Waals surface area contributed by atoms with Crippen molar-refractivity contribution in [3.8, 4) is 0 Å². The second-order valence-corrected chi connectivity index (χ2v) is 2.58. The molecule has 0 aliphatic carbocycles. The van der Waals surface area contributed by atoms with Gasteiger partial charge in [-0.1, -0.05) is 29.8 Å². The van der Waals surface area contributed by atoms with Gasteiger partial charge in [0.05, 0.1) is 5.69 Å². The quantitative estimate of drug-likeness (QED) is 0.667. The lowest BCUT2D eigenvalue weighted by molar-refractivity contribution is 0.631. The zero-order valence-electron chi connectivity index (χ0n) is 6.57. The molecule has 1 aromatic rings. The van der Waals surface area contributed by atoms with Gasteiger partial charge >= 0.3 is 0 Å². The van der Waals surface area contributed by atoms with E-state index in [1.807, 2.05) is 13.8 Å². The molecule has 0 bridgehead atoms. The minimum Gasteiger partial charge on any atom is -0.396 e. The van der Waals surface area contributed by atoms with Gasteiger partial charge in [-0.15, -0.1) is 0 Å². The molecule has 1 rings (SSSR count). The third kappa shape index (κ3) is 3.37. The van der Waals surface area contributed by atoms with Crippen LogP contribution < -0.4 is 5.73 Å². The fraction of sp³-hybridized carbons (Fsp3) is 0.250. The van der Waals surface area contributed by atoms with Crippen LogP contribution in [-0.2, 0) is 0 Å². The molecule has 0 radical (unpaired) electrons. The van der Waals surface area contributed by atoms with Crippen LogP contribution in [0, 0.1) is 5.82 Å². The van der Waals surface area contributed by atoms with Crippen molar-refractivity contribution in [1.29, 1.82) is 0 Å². The number of benzene rings is 1. The third-order valence-electron chi connectivity index (χ3n) is 0.962. The number of hydrogen-bond acceptors (Lipinski definition) is 1. The number of nitrogens with two attached hydrogens (primary N) is 1. The highest BCUT2D eigenvalue weighted by atomic mass is 79.9. The van der Waals surface area contributed by atoms with Gasteiger partial charge in [0.2, 0.25) is 0 Å². The summed E-state index contributed by atoms with van der Waals surface area (Å²) in [5.41, 5.74) is 5.37. The van der Waals surface area contributed by atoms with E-state index in [0.717, 1.165) is 0 Å². The second-order valence-electron chi connectivity index (χ2n) is 1.67. The molecule has 1 aromatic carbocycles. The zero-order chi connectivity index (χ0) is 8.85. The van der Waals surface area contributed by atoms with Crippen molar-refractivity contribution in [2.24, 2.45) is 0 Å². The highest BCUT2D eigenvalue weighted by Crippen LogP contribution is 2.15. The molecule has 0 saturated heterocycles. The van der Waals surface area contributed by atoms with Crippen LogP contribution in [0.4, 0.5) is 10.1 Å². The Balaban J connectivity index is 0.000000461. The van der Waals surface area contributed by atoms with Crippen molar-refractivity contribution in [3.63, 3.8) is 0 Å². The molecule has 0 aliphatic heterocycles. The molecule has 0 atom stereocenters. The van der Waals surface area contributed by atoms with Crippen molar-refractivity contribution in [2.45, 2.75) is 13.8 Å². The van der Waals surface area contributed by atoms with Crippen molar-refractivity contribution in [1.82, 2.24) is 0 Å². The molecule has 3 heteroatoms. The minimum atomic E-state index is -0.385. The highest BCUT2D eigenvalue weighted by molar-refractivity contribution is 9.10. The molecule has 11 heavy (non-hydrogen) atoms. The van der Waals surface area contributed by atoms with Crippen LogP contribution in [0.5, 0.6) is 0 Å². The van der Waals surface area contributed by atoms with Gasteiger partial charge in [0.1, 0.15) is 5.82 Å². The Morgan fingerprint density at radius 2 is 1.91 bits per heavy atom. The topological polar surface area (TPSA) is 26.0 Å². The van der Waals surface area contributed by atoms with Crippen LogP contribution in [0.3, 0.4) is 0 Å². The monoisotopic (exact) mass is 219 g/mol. The van der Waals surface area contributed by atoms with Crippen LogP contribution in [0.2, 0.25) is 0 Å². The Morgan fingerprint density at radius 3 is 2.27 bits per heavy atom. The van der Waals surface area contributed by atoms with Gasteiger partial charge in [-0.3, -0.25) is 0 Å². The molecule has 0 fully saturated rings. The first-order chi connectivity index (χ1) is 5.20. The smallest absolute Gasteiger partial charge is 0.147 e. The van der Waals surface area contributed by atoms with E-state index >= 15 is 0 Å². The Labute approximate surface area is 74.5 Å². The van der Waals surface area contributed by atoms with E-state index in [9.17, 15) is 4.39 Å². The van der Waals surface area contributed by atoms with Gasteiger partial charge < -0.3 is 5.73 Å². The van der Waals surface area contributed by atoms with Crippen LogP contribution in [0.15, 0.2) is 22.7 Å². The summed E-state index contributed by atoms with van der Waals surface area (Å²) in [6.45, 7) is 4.00. The molecule has 2 N–H and O–H groups in total. The second kappa shape index (κ2) is 5.13. The molecule has 0 aliphatic rings. The Kier molecular flexibility index (Phi) is 4.86. The van der Waals surface area contributed by atoms with E-state index in [-0.39, 0.29) is 11.5 Å². The van der Waals surface area contributed by atoms with E-state index in [1.54, 1.807) is 6.07 Å². The van der Waals surface area contributed by atoms with Crippen LogP contribution in [0.1, 0.15) is 13.8 Å². The Bertz CT molecular complexity index is 225. The maximum absolute atomic E-state index is 12.4. The zero-order valence-corrected chi connectivity index (χ0v) is 8.15. The SMILES string of the molecule is CC.Nc1ccc(Br)cc1F. The summed E-state index contributed by atoms with van der Waals surface area (Å²) in [7, 11) is 0. The standard InChI is InChI=1S/C6H5BrFN.C2H6/c7-4-1-2-6(9)5(8)3-4;1-2/h1-3H,9H2;1-2H3. The summed E-state index contributed by atoms with van der Waals surface area (Å²) in [6, 6.07) is 4.53. The summed E-state index contributed by atoms with van der Waals surface area (Å²) >= 11 is 3.10. The average molecular weight is 220 g/mol. The van der Waals surface area contributed by atoms with Crippen LogP contribution in [0.25, 0.3) is 0 Å². The summed E-state index contributed by atoms with van der Waals surface area (Å²) in [6.07, 6.45) is 0. The van der Waals surface area contributed by atoms with Crippen LogP contribution in [-0.4, -0.2) is 0 Å². The number of anilines is 1. The van der Waals surface area contributed by atoms with E-state index in [2.05, 4.69) is 15.9 Å². The van der Waals surface area contributed by atoms with Gasteiger partial charge in [0.25, 0.3) is 0 Å². The van der Waals surface area contributed by atoms with Crippen molar-refractivity contribution in [3.05, 3.63) is 28.5 Å². The average Bonchev–Trinajstić information content (AvgIpc) is 2.02. The van der Waals surface area contributed by atoms with Gasteiger partial charge in [-0.2, -0.15) is 0 Å². The van der Waals surface area contributed by atoms with Crippen molar-refractivity contribution < 1.29 is 4.39 Å². The van der Waals surface area contributed by atoms with Crippen LogP contribution >= 0.6 is 15.9 Å². The van der Waals surface area contributed by atoms with Gasteiger partial charge in [0.15, 0.2) is 0 Å². The Morgan fingerprint density at radius 1 is 1.36 bits per heavy atom. The first kappa shape index (κ1) is 10.4. The fourth-order valence-corrected chi connectivity index (χ4v) is 0.835. The van der Waals surface area contributed by atoms with Crippen molar-refractivity contribution >= 4 is 21.6 Å². The number of hydrogen-bond donors (Lipinski definition) is 1. The number of rotatable bonds is 0. The lowest BCUT2D eigenvalue weighted by atomic mass is 10.3. The molecule has 1 nitrogen and oxygen atoms in total. The molecule has 0 amide bonds. The first-order valence-electron chi connectivity index (χ1n) is 3.40. The lowest BCUT2D eigenvalue weighted by Gasteiger charge is -1.93. The molecular weight excluding hydrogens is 209 g/mol. The predicted octanol–water partition coefficient (Wildman–Crippen LogP) is 3.20. The lowest BCUT2D eigenvalue weighted by Crippen LogP contribution is -1.88. The first-order valence-corrected chi connectivity index (χ1v) is 4.20. The molecule has 62 valence electrons. The van der Waals surface area contributed by atoms with E-state index in [0.29, 0.717) is 4.47 Å². The van der Waals surface area contributed by atoms with Gasteiger partial charge in [0, 0.05) is 4.47 Å². The molecular formula is C8H11BrFN. The molecule has 0 unspecified atom stereocenters. The van der Waals surface area contributed by atoms with Crippen molar-refractivity contribution in [2.75, 3.05) is 5.73 Å². The minimum absolute atomic E-state index is 0.179. The maximum Gasteiger partial charge on any atom is 0.147 e. The fourth-order valence-electron chi connectivity index (χ4n) is 0.502. The highest BCUT2D eigenvalue weighted by Gasteiger charge is 1.95. The molecule has 0 aromatic heterocycles. The van der Waals surface area contributed by atoms with Gasteiger partial charge in [-0.05, 0) is 18.2 Å². The van der Waals surface area contributed by atoms with E-state index in [1.165, 1.54) is 12.1 Å². The molecule has 0 heterocycles. The van der Waals surface area contributed by atoms with Gasteiger partial charge in [-0.25, -0.2) is 4.39 Å². The maximum atomic E-state index is 12.4. The normalized spacial score (nSPS) is 8.36. The largest absolute Gasteiger partial charge is 0.396 e. The predicted molar refractivity (Wildman–Crippen MR) is 49.9 cm³/mol. The number of nitrogen functional groups attached to an aromatic ring is 1. The summed E-state index contributed by atoms with van der Waals surface area (Å²) in [4.78, 5) is 0. The van der Waals surface area contributed by atoms with E-state index in [4.69, 9.17) is 5.73 Å². The summed E-state index contributed by atoms with van der Waals surface area (Å²) in [5.74, 6) is -0.385. The summed E-state index contributed by atoms with van der Waals surface area (Å²) in [5, 5.41) is 0. The summed E-state index contributed by atoms with van der Waals surface area (Å²) < 4.78 is 13.1. The third-order valence-corrected chi connectivity index (χ3v) is 1.46. The molecule has 0 saturated carbocycles.